The van der Waals surface area contributed by atoms with E-state index in [-0.39, 0.29) is 6.42 Å². The number of carboxylic acids is 1. The minimum Gasteiger partial charge on any atom is -0.480 e. The molecule has 2 N–H and O–H groups in total. The zero-order valence-corrected chi connectivity index (χ0v) is 13.1. The second-order valence-corrected chi connectivity index (χ2v) is 6.07. The molecule has 0 unspecified atom stereocenters. The van der Waals surface area contributed by atoms with Crippen molar-refractivity contribution in [3.63, 3.8) is 0 Å². The van der Waals surface area contributed by atoms with Crippen molar-refractivity contribution in [2.45, 2.75) is 45.3 Å². The molecule has 5 nitrogen and oxygen atoms in total. The topological polar surface area (TPSA) is 75.6 Å². The zero-order valence-electron chi connectivity index (χ0n) is 12.4. The van der Waals surface area contributed by atoms with Crippen molar-refractivity contribution >= 4 is 23.7 Å². The molecule has 1 atom stereocenters. The fourth-order valence-electron chi connectivity index (χ4n) is 1.71. The Balaban J connectivity index is 2.61. The quantitative estimate of drug-likeness (QED) is 0.875. The summed E-state index contributed by atoms with van der Waals surface area (Å²) in [5.41, 5.74) is 0.173. The Bertz CT molecular complexity index is 511. The molecule has 21 heavy (non-hydrogen) atoms. The van der Waals surface area contributed by atoms with E-state index in [0.29, 0.717) is 11.4 Å². The number of ether oxygens (including phenoxy) is 1. The summed E-state index contributed by atoms with van der Waals surface area (Å²) in [5.74, 6) is -1.10. The molecule has 0 fully saturated rings. The maximum atomic E-state index is 11.6. The van der Waals surface area contributed by atoms with Crippen LogP contribution < -0.4 is 5.32 Å². The van der Waals surface area contributed by atoms with Crippen molar-refractivity contribution in [1.29, 1.82) is 0 Å². The molecule has 1 aromatic rings. The lowest BCUT2D eigenvalue weighted by atomic mass is 10.1. The van der Waals surface area contributed by atoms with Crippen LogP contribution in [0.1, 0.15) is 32.8 Å². The maximum Gasteiger partial charge on any atom is 0.408 e. The van der Waals surface area contributed by atoms with Gasteiger partial charge in [-0.15, -0.1) is 0 Å². The number of carbonyl (C=O) groups excluding carboxylic acids is 1. The van der Waals surface area contributed by atoms with Crippen molar-refractivity contribution in [3.8, 4) is 0 Å². The largest absolute Gasteiger partial charge is 0.480 e. The molecular formula is C15H20ClNO4. The summed E-state index contributed by atoms with van der Waals surface area (Å²) < 4.78 is 5.05. The van der Waals surface area contributed by atoms with Gasteiger partial charge in [-0.25, -0.2) is 9.59 Å². The van der Waals surface area contributed by atoms with Crippen LogP contribution in [0.15, 0.2) is 24.3 Å². The lowest BCUT2D eigenvalue weighted by Crippen LogP contribution is -2.43. The van der Waals surface area contributed by atoms with E-state index < -0.39 is 23.7 Å². The van der Waals surface area contributed by atoms with Crippen molar-refractivity contribution in [1.82, 2.24) is 5.32 Å². The van der Waals surface area contributed by atoms with Crippen LogP contribution in [-0.2, 0) is 16.0 Å². The van der Waals surface area contributed by atoms with E-state index in [0.717, 1.165) is 5.56 Å². The summed E-state index contributed by atoms with van der Waals surface area (Å²) in [6, 6.07) is 6.19. The van der Waals surface area contributed by atoms with E-state index in [1.807, 2.05) is 12.1 Å². The number of carboxylic acid groups (broad SMARTS) is 1. The monoisotopic (exact) mass is 313 g/mol. The Kier molecular flexibility index (Phi) is 6.03. The van der Waals surface area contributed by atoms with Crippen LogP contribution in [-0.4, -0.2) is 28.8 Å². The number of hydrogen-bond donors (Lipinski definition) is 2. The van der Waals surface area contributed by atoms with Gasteiger partial charge in [-0.1, -0.05) is 29.8 Å². The molecule has 116 valence electrons. The number of nitrogens with one attached hydrogen (secondary N) is 1. The Morgan fingerprint density at radius 2 is 1.95 bits per heavy atom. The molecular weight excluding hydrogens is 294 g/mol. The molecule has 0 aliphatic carbocycles. The second-order valence-electron chi connectivity index (χ2n) is 5.67. The number of halogens is 1. The van der Waals surface area contributed by atoms with E-state index in [4.69, 9.17) is 21.4 Å². The van der Waals surface area contributed by atoms with Gasteiger partial charge in [0.25, 0.3) is 0 Å². The number of amides is 1. The van der Waals surface area contributed by atoms with Crippen LogP contribution in [0.25, 0.3) is 0 Å². The van der Waals surface area contributed by atoms with E-state index in [2.05, 4.69) is 5.32 Å². The van der Waals surface area contributed by atoms with Crippen molar-refractivity contribution in [2.24, 2.45) is 0 Å². The number of hydrogen-bond acceptors (Lipinski definition) is 3. The van der Waals surface area contributed by atoms with E-state index in [1.165, 1.54) is 0 Å². The normalized spacial score (nSPS) is 12.6. The highest BCUT2D eigenvalue weighted by molar-refractivity contribution is 6.31. The summed E-state index contributed by atoms with van der Waals surface area (Å²) in [6.45, 7) is 5.14. The highest BCUT2D eigenvalue weighted by Gasteiger charge is 2.23. The molecule has 0 bridgehead atoms. The molecule has 0 saturated carbocycles. The Hall–Kier alpha value is -1.75. The van der Waals surface area contributed by atoms with Crippen LogP contribution in [0, 0.1) is 0 Å². The first-order valence-electron chi connectivity index (χ1n) is 6.65. The van der Waals surface area contributed by atoms with Gasteiger partial charge in [0, 0.05) is 5.02 Å². The minimum absolute atomic E-state index is 0.234. The van der Waals surface area contributed by atoms with Gasteiger partial charge in [-0.2, -0.15) is 0 Å². The lowest BCUT2D eigenvalue weighted by molar-refractivity contribution is -0.139. The van der Waals surface area contributed by atoms with Gasteiger partial charge < -0.3 is 15.2 Å². The third-order valence-corrected chi connectivity index (χ3v) is 3.02. The Labute approximate surface area is 129 Å². The fourth-order valence-corrected chi connectivity index (χ4v) is 1.94. The first kappa shape index (κ1) is 17.3. The molecule has 0 aliphatic rings. The SMILES string of the molecule is CC(C)(C)OC(=O)N[C@@H](CCc1ccccc1Cl)C(=O)O. The first-order valence-corrected chi connectivity index (χ1v) is 7.02. The van der Waals surface area contributed by atoms with Gasteiger partial charge in [-0.05, 0) is 45.2 Å². The van der Waals surface area contributed by atoms with Crippen molar-refractivity contribution in [2.75, 3.05) is 0 Å². The van der Waals surface area contributed by atoms with Crippen LogP contribution >= 0.6 is 11.6 Å². The van der Waals surface area contributed by atoms with Gasteiger partial charge >= 0.3 is 12.1 Å². The van der Waals surface area contributed by atoms with Crippen LogP contribution in [0.3, 0.4) is 0 Å². The number of alkyl carbamates (subject to hydrolysis) is 1. The highest BCUT2D eigenvalue weighted by Crippen LogP contribution is 2.17. The average molecular weight is 314 g/mol. The molecule has 0 aliphatic heterocycles. The predicted octanol–water partition coefficient (Wildman–Crippen LogP) is 3.25. The minimum atomic E-state index is -1.10. The summed E-state index contributed by atoms with van der Waals surface area (Å²) in [6.07, 6.45) is -0.0563. The van der Waals surface area contributed by atoms with E-state index in [1.54, 1.807) is 32.9 Å². The molecule has 0 aromatic heterocycles. The molecule has 0 saturated heterocycles. The third kappa shape index (κ3) is 6.49. The summed E-state index contributed by atoms with van der Waals surface area (Å²) in [7, 11) is 0. The standard InChI is InChI=1S/C15H20ClNO4/c1-15(2,3)21-14(20)17-12(13(18)19)9-8-10-6-4-5-7-11(10)16/h4-7,12H,8-9H2,1-3H3,(H,17,20)(H,18,19)/t12-/m0/s1. The smallest absolute Gasteiger partial charge is 0.408 e. The first-order chi connectivity index (χ1) is 9.69. The molecule has 0 radical (unpaired) electrons. The molecule has 1 amide bonds. The molecule has 0 spiro atoms. The van der Waals surface area contributed by atoms with Gasteiger partial charge in [0.05, 0.1) is 0 Å². The van der Waals surface area contributed by atoms with Gasteiger partial charge in [0.15, 0.2) is 0 Å². The Morgan fingerprint density at radius 3 is 2.48 bits per heavy atom. The van der Waals surface area contributed by atoms with Crippen LogP contribution in [0.2, 0.25) is 5.02 Å². The lowest BCUT2D eigenvalue weighted by Gasteiger charge is -2.22. The average Bonchev–Trinajstić information content (AvgIpc) is 2.33. The van der Waals surface area contributed by atoms with Gasteiger partial charge in [0.1, 0.15) is 11.6 Å². The third-order valence-electron chi connectivity index (χ3n) is 2.65. The number of aryl methyl sites for hydroxylation is 1. The predicted molar refractivity (Wildman–Crippen MR) is 80.6 cm³/mol. The second kappa shape index (κ2) is 7.31. The number of rotatable bonds is 5. The number of benzene rings is 1. The summed E-state index contributed by atoms with van der Waals surface area (Å²) >= 11 is 6.02. The number of carbonyl (C=O) groups is 2. The zero-order chi connectivity index (χ0) is 16.0. The van der Waals surface area contributed by atoms with E-state index >= 15 is 0 Å². The fraction of sp³-hybridized carbons (Fsp3) is 0.467. The highest BCUT2D eigenvalue weighted by atomic mass is 35.5. The molecule has 1 rings (SSSR count). The van der Waals surface area contributed by atoms with Crippen LogP contribution in [0.4, 0.5) is 4.79 Å². The van der Waals surface area contributed by atoms with Gasteiger partial charge in [0.2, 0.25) is 0 Å². The van der Waals surface area contributed by atoms with Crippen molar-refractivity contribution < 1.29 is 19.4 Å². The van der Waals surface area contributed by atoms with Crippen molar-refractivity contribution in [3.05, 3.63) is 34.9 Å². The molecule has 0 heterocycles. The van der Waals surface area contributed by atoms with E-state index in [9.17, 15) is 9.59 Å². The Morgan fingerprint density at radius 1 is 1.33 bits per heavy atom. The summed E-state index contributed by atoms with van der Waals surface area (Å²) in [4.78, 5) is 22.8. The number of aliphatic carboxylic acids is 1. The maximum absolute atomic E-state index is 11.6. The summed E-state index contributed by atoms with van der Waals surface area (Å²) in [5, 5.41) is 12.1. The van der Waals surface area contributed by atoms with Crippen LogP contribution in [0.5, 0.6) is 0 Å². The van der Waals surface area contributed by atoms with Gasteiger partial charge in [-0.3, -0.25) is 0 Å². The molecule has 1 aromatic carbocycles. The molecule has 6 heteroatoms.